The normalized spacial score (nSPS) is 11.2. The van der Waals surface area contributed by atoms with E-state index in [0.717, 1.165) is 32.5 Å². The number of hydrogen-bond acceptors (Lipinski definition) is 3. The molecule has 2 aromatic heterocycles. The molecule has 0 bridgehead atoms. The number of hydrogen-bond donors (Lipinski definition) is 1. The summed E-state index contributed by atoms with van der Waals surface area (Å²) in [6.07, 6.45) is 1.48. The lowest BCUT2D eigenvalue weighted by atomic mass is 10.2. The highest BCUT2D eigenvalue weighted by Crippen LogP contribution is 2.32. The highest BCUT2D eigenvalue weighted by atomic mass is 79.9. The Morgan fingerprint density at radius 1 is 1.25 bits per heavy atom. The minimum Gasteiger partial charge on any atom is -0.383 e. The van der Waals surface area contributed by atoms with Crippen LogP contribution in [0.5, 0.6) is 0 Å². The number of rotatable bonds is 1. The van der Waals surface area contributed by atoms with E-state index in [0.29, 0.717) is 10.8 Å². The maximum atomic E-state index is 6.05. The van der Waals surface area contributed by atoms with Crippen LogP contribution in [0.4, 0.5) is 5.82 Å². The zero-order valence-electron chi connectivity index (χ0n) is 11.0. The molecule has 0 aliphatic carbocycles. The van der Waals surface area contributed by atoms with Crippen LogP contribution in [0.2, 0.25) is 5.02 Å². The molecule has 0 radical (unpaired) electrons. The van der Waals surface area contributed by atoms with Gasteiger partial charge in [-0.2, -0.15) is 0 Å². The summed E-state index contributed by atoms with van der Waals surface area (Å²) in [7, 11) is 0. The van der Waals surface area contributed by atoms with Crippen LogP contribution >= 0.6 is 27.5 Å². The van der Waals surface area contributed by atoms with E-state index in [1.165, 1.54) is 6.33 Å². The van der Waals surface area contributed by atoms with E-state index >= 15 is 0 Å². The van der Waals surface area contributed by atoms with Crippen LogP contribution < -0.4 is 5.73 Å². The molecular formula is C14H12BrClN4. The number of halogens is 2. The summed E-state index contributed by atoms with van der Waals surface area (Å²) in [6.45, 7) is 4.07. The van der Waals surface area contributed by atoms with Gasteiger partial charge in [-0.1, -0.05) is 11.6 Å². The molecule has 3 rings (SSSR count). The van der Waals surface area contributed by atoms with Crippen LogP contribution in [-0.4, -0.2) is 14.5 Å². The molecule has 2 N–H and O–H groups in total. The number of nitrogens with zero attached hydrogens (tertiary/aromatic N) is 3. The summed E-state index contributed by atoms with van der Waals surface area (Å²) in [5.74, 6) is 0.502. The van der Waals surface area contributed by atoms with E-state index in [1.807, 2.05) is 32.0 Å². The standard InChI is InChI=1S/C14H12BrClN4/c1-7-8(2)20(9-3-4-11(16)10(15)5-9)14-12(7)13(17)18-6-19-14/h3-6H,1-2H3,(H2,17,18,19). The first-order valence-electron chi connectivity index (χ1n) is 6.04. The molecule has 0 fully saturated rings. The first-order chi connectivity index (χ1) is 9.50. The smallest absolute Gasteiger partial charge is 0.150 e. The molecule has 2 heterocycles. The van der Waals surface area contributed by atoms with Crippen LogP contribution in [0.25, 0.3) is 16.7 Å². The summed E-state index contributed by atoms with van der Waals surface area (Å²) in [5, 5.41) is 1.57. The molecule has 0 unspecified atom stereocenters. The van der Waals surface area contributed by atoms with E-state index in [9.17, 15) is 0 Å². The molecule has 0 saturated heterocycles. The molecule has 0 saturated carbocycles. The van der Waals surface area contributed by atoms with Crippen molar-refractivity contribution in [3.63, 3.8) is 0 Å². The van der Waals surface area contributed by atoms with Crippen molar-refractivity contribution in [2.75, 3.05) is 5.73 Å². The van der Waals surface area contributed by atoms with Crippen LogP contribution in [0, 0.1) is 13.8 Å². The zero-order chi connectivity index (χ0) is 14.4. The first-order valence-corrected chi connectivity index (χ1v) is 7.21. The molecule has 6 heteroatoms. The van der Waals surface area contributed by atoms with Crippen LogP contribution in [0.3, 0.4) is 0 Å². The minimum atomic E-state index is 0.502. The maximum Gasteiger partial charge on any atom is 0.150 e. The lowest BCUT2D eigenvalue weighted by molar-refractivity contribution is 1.01. The monoisotopic (exact) mass is 350 g/mol. The Kier molecular flexibility index (Phi) is 3.18. The number of aryl methyl sites for hydroxylation is 1. The highest BCUT2D eigenvalue weighted by molar-refractivity contribution is 9.10. The van der Waals surface area contributed by atoms with Crippen molar-refractivity contribution in [1.82, 2.24) is 14.5 Å². The largest absolute Gasteiger partial charge is 0.383 e. The fourth-order valence-corrected chi connectivity index (χ4v) is 2.85. The van der Waals surface area contributed by atoms with Crippen molar-refractivity contribution in [1.29, 1.82) is 0 Å². The first kappa shape index (κ1) is 13.4. The predicted octanol–water partition coefficient (Wildman–Crippen LogP) is 4.04. The van der Waals surface area contributed by atoms with Gasteiger partial charge in [-0.15, -0.1) is 0 Å². The van der Waals surface area contributed by atoms with Gasteiger partial charge in [-0.25, -0.2) is 9.97 Å². The van der Waals surface area contributed by atoms with Crippen molar-refractivity contribution in [3.8, 4) is 5.69 Å². The molecule has 1 aromatic carbocycles. The quantitative estimate of drug-likeness (QED) is 0.720. The molecule has 0 atom stereocenters. The average Bonchev–Trinajstić information content (AvgIpc) is 2.67. The summed E-state index contributed by atoms with van der Waals surface area (Å²) >= 11 is 9.51. The van der Waals surface area contributed by atoms with Crippen molar-refractivity contribution >= 4 is 44.4 Å². The van der Waals surface area contributed by atoms with E-state index < -0.39 is 0 Å². The topological polar surface area (TPSA) is 56.7 Å². The predicted molar refractivity (Wildman–Crippen MR) is 85.5 cm³/mol. The third-order valence-corrected chi connectivity index (χ3v) is 4.70. The number of benzene rings is 1. The minimum absolute atomic E-state index is 0.502. The number of anilines is 1. The molecule has 0 spiro atoms. The van der Waals surface area contributed by atoms with Gasteiger partial charge in [0.2, 0.25) is 0 Å². The lowest BCUT2D eigenvalue weighted by Crippen LogP contribution is -1.99. The van der Waals surface area contributed by atoms with Crippen molar-refractivity contribution in [2.45, 2.75) is 13.8 Å². The molecule has 0 aliphatic rings. The Labute approximate surface area is 129 Å². The van der Waals surface area contributed by atoms with E-state index in [4.69, 9.17) is 17.3 Å². The number of nitrogens with two attached hydrogens (primary N) is 1. The lowest BCUT2D eigenvalue weighted by Gasteiger charge is -2.09. The third kappa shape index (κ3) is 1.89. The van der Waals surface area contributed by atoms with Gasteiger partial charge >= 0.3 is 0 Å². The summed E-state index contributed by atoms with van der Waals surface area (Å²) in [6, 6.07) is 5.77. The van der Waals surface area contributed by atoms with Gasteiger partial charge < -0.3 is 5.73 Å². The molecule has 102 valence electrons. The summed E-state index contributed by atoms with van der Waals surface area (Å²) < 4.78 is 2.90. The van der Waals surface area contributed by atoms with Gasteiger partial charge in [0.1, 0.15) is 12.1 Å². The average molecular weight is 352 g/mol. The highest BCUT2D eigenvalue weighted by Gasteiger charge is 2.16. The summed E-state index contributed by atoms with van der Waals surface area (Å²) in [4.78, 5) is 8.45. The van der Waals surface area contributed by atoms with Crippen molar-refractivity contribution < 1.29 is 0 Å². The molecular weight excluding hydrogens is 340 g/mol. The molecule has 0 aliphatic heterocycles. The Hall–Kier alpha value is -1.59. The second-order valence-electron chi connectivity index (χ2n) is 4.60. The number of fused-ring (bicyclic) bond motifs is 1. The fourth-order valence-electron chi connectivity index (χ4n) is 2.37. The fraction of sp³-hybridized carbons (Fsp3) is 0.143. The zero-order valence-corrected chi connectivity index (χ0v) is 13.3. The van der Waals surface area contributed by atoms with Gasteiger partial charge in [-0.3, -0.25) is 4.57 Å². The molecule has 20 heavy (non-hydrogen) atoms. The Morgan fingerprint density at radius 3 is 2.70 bits per heavy atom. The van der Waals surface area contributed by atoms with E-state index in [2.05, 4.69) is 30.5 Å². The Morgan fingerprint density at radius 2 is 2.00 bits per heavy atom. The number of nitrogen functional groups attached to an aromatic ring is 1. The molecule has 3 aromatic rings. The van der Waals surface area contributed by atoms with Crippen LogP contribution in [0.15, 0.2) is 29.0 Å². The molecule has 0 amide bonds. The van der Waals surface area contributed by atoms with E-state index in [-0.39, 0.29) is 0 Å². The second-order valence-corrected chi connectivity index (χ2v) is 5.86. The second kappa shape index (κ2) is 4.75. The maximum absolute atomic E-state index is 6.05. The Bertz CT molecular complexity index is 826. The van der Waals surface area contributed by atoms with Crippen molar-refractivity contribution in [2.24, 2.45) is 0 Å². The SMILES string of the molecule is Cc1c(C)n(-c2ccc(Cl)c(Br)c2)c2ncnc(N)c12. The van der Waals surface area contributed by atoms with Gasteiger partial charge in [0.05, 0.1) is 10.4 Å². The van der Waals surface area contributed by atoms with Gasteiger partial charge in [0.15, 0.2) is 5.65 Å². The van der Waals surface area contributed by atoms with E-state index in [1.54, 1.807) is 0 Å². The van der Waals surface area contributed by atoms with Crippen molar-refractivity contribution in [3.05, 3.63) is 45.3 Å². The Balaban J connectivity index is 2.39. The van der Waals surface area contributed by atoms with Crippen LogP contribution in [-0.2, 0) is 0 Å². The molecule has 4 nitrogen and oxygen atoms in total. The summed E-state index contributed by atoms with van der Waals surface area (Å²) in [5.41, 5.74) is 9.94. The number of aromatic nitrogens is 3. The third-order valence-electron chi connectivity index (χ3n) is 3.48. The van der Waals surface area contributed by atoms with Gasteiger partial charge in [-0.05, 0) is 53.5 Å². The van der Waals surface area contributed by atoms with Gasteiger partial charge in [0.25, 0.3) is 0 Å². The van der Waals surface area contributed by atoms with Crippen LogP contribution in [0.1, 0.15) is 11.3 Å². The van der Waals surface area contributed by atoms with Gasteiger partial charge in [0, 0.05) is 15.9 Å².